The predicted octanol–water partition coefficient (Wildman–Crippen LogP) is 3.99. The normalized spacial score (nSPS) is 21.4. The molecule has 0 radical (unpaired) electrons. The lowest BCUT2D eigenvalue weighted by Crippen LogP contribution is -2.44. The molecule has 21 heavy (non-hydrogen) atoms. The molecule has 0 aliphatic carbocycles. The van der Waals surface area contributed by atoms with Crippen molar-refractivity contribution < 1.29 is 4.74 Å². The minimum Gasteiger partial charge on any atom is -0.377 e. The van der Waals surface area contributed by atoms with Crippen LogP contribution in [0, 0.1) is 0 Å². The van der Waals surface area contributed by atoms with E-state index in [1.165, 1.54) is 0 Å². The second-order valence-corrected chi connectivity index (χ2v) is 6.87. The van der Waals surface area contributed by atoms with Crippen LogP contribution in [-0.4, -0.2) is 37.2 Å². The van der Waals surface area contributed by atoms with Gasteiger partial charge in [-0.3, -0.25) is 4.90 Å². The van der Waals surface area contributed by atoms with Crippen molar-refractivity contribution in [2.24, 2.45) is 5.73 Å². The average molecular weight is 376 g/mol. The van der Waals surface area contributed by atoms with Gasteiger partial charge in [0.05, 0.1) is 6.10 Å². The number of hydrogen-bond acceptors (Lipinski definition) is 3. The number of nitrogens with zero attached hydrogens (tertiary/aromatic N) is 1. The Labute approximate surface area is 140 Å². The topological polar surface area (TPSA) is 38.5 Å². The number of ether oxygens (including phenoxy) is 1. The first-order valence-electron chi connectivity index (χ1n) is 7.66. The van der Waals surface area contributed by atoms with E-state index in [9.17, 15) is 0 Å². The zero-order valence-corrected chi connectivity index (χ0v) is 14.9. The van der Waals surface area contributed by atoms with Crippen molar-refractivity contribution in [2.75, 3.05) is 26.2 Å². The molecule has 1 aromatic rings. The lowest BCUT2D eigenvalue weighted by Gasteiger charge is -2.38. The smallest absolute Gasteiger partial charge is 0.0702 e. The summed E-state index contributed by atoms with van der Waals surface area (Å²) in [7, 11) is 0. The molecule has 0 saturated carbocycles. The van der Waals surface area contributed by atoms with Crippen molar-refractivity contribution in [1.29, 1.82) is 0 Å². The Morgan fingerprint density at radius 1 is 1.52 bits per heavy atom. The maximum Gasteiger partial charge on any atom is 0.0702 e. The van der Waals surface area contributed by atoms with Crippen LogP contribution in [0.2, 0.25) is 5.02 Å². The van der Waals surface area contributed by atoms with E-state index in [0.717, 1.165) is 54.0 Å². The summed E-state index contributed by atoms with van der Waals surface area (Å²) >= 11 is 9.85. The van der Waals surface area contributed by atoms with E-state index in [4.69, 9.17) is 22.1 Å². The number of likely N-dealkylation sites (tertiary alicyclic amines) is 1. The van der Waals surface area contributed by atoms with Crippen molar-refractivity contribution in [2.45, 2.75) is 38.3 Å². The molecule has 118 valence electrons. The fourth-order valence-corrected chi connectivity index (χ4v) is 3.71. The van der Waals surface area contributed by atoms with Crippen LogP contribution in [0.15, 0.2) is 22.7 Å². The van der Waals surface area contributed by atoms with E-state index in [1.54, 1.807) is 0 Å². The lowest BCUT2D eigenvalue weighted by atomic mass is 10.0. The summed E-state index contributed by atoms with van der Waals surface area (Å²) in [5, 5.41) is 0.774. The third kappa shape index (κ3) is 4.67. The summed E-state index contributed by atoms with van der Waals surface area (Å²) in [6, 6.07) is 6.20. The second-order valence-electron chi connectivity index (χ2n) is 5.55. The highest BCUT2D eigenvalue weighted by Crippen LogP contribution is 2.31. The van der Waals surface area contributed by atoms with Gasteiger partial charge in [0.25, 0.3) is 0 Å². The van der Waals surface area contributed by atoms with Crippen LogP contribution in [-0.2, 0) is 4.74 Å². The molecule has 1 heterocycles. The van der Waals surface area contributed by atoms with E-state index >= 15 is 0 Å². The summed E-state index contributed by atoms with van der Waals surface area (Å²) in [4.78, 5) is 2.42. The van der Waals surface area contributed by atoms with E-state index in [-0.39, 0.29) is 6.04 Å². The Morgan fingerprint density at radius 2 is 2.33 bits per heavy atom. The SMILES string of the molecule is CCCOC1CCCN(C(CN)c2ccc(Br)cc2Cl)C1. The molecule has 1 aliphatic rings. The quantitative estimate of drug-likeness (QED) is 0.817. The average Bonchev–Trinajstić information content (AvgIpc) is 2.48. The maximum absolute atomic E-state index is 6.40. The molecule has 2 rings (SSSR count). The third-order valence-corrected chi connectivity index (χ3v) is 4.77. The van der Waals surface area contributed by atoms with Gasteiger partial charge in [0.2, 0.25) is 0 Å². The van der Waals surface area contributed by atoms with E-state index in [1.807, 2.05) is 12.1 Å². The van der Waals surface area contributed by atoms with Crippen LogP contribution in [0.4, 0.5) is 0 Å². The Balaban J connectivity index is 2.09. The largest absolute Gasteiger partial charge is 0.377 e. The van der Waals surface area contributed by atoms with Crippen LogP contribution in [0.25, 0.3) is 0 Å². The molecule has 0 bridgehead atoms. The Hall–Kier alpha value is -0.130. The maximum atomic E-state index is 6.40. The summed E-state index contributed by atoms with van der Waals surface area (Å²) in [6.07, 6.45) is 3.68. The van der Waals surface area contributed by atoms with Crippen LogP contribution in [0.3, 0.4) is 0 Å². The lowest BCUT2D eigenvalue weighted by molar-refractivity contribution is -0.0118. The highest BCUT2D eigenvalue weighted by atomic mass is 79.9. The van der Waals surface area contributed by atoms with Gasteiger partial charge >= 0.3 is 0 Å². The van der Waals surface area contributed by atoms with Crippen molar-refractivity contribution >= 4 is 27.5 Å². The van der Waals surface area contributed by atoms with Crippen molar-refractivity contribution in [3.63, 3.8) is 0 Å². The van der Waals surface area contributed by atoms with Crippen LogP contribution < -0.4 is 5.73 Å². The number of hydrogen-bond donors (Lipinski definition) is 1. The first-order chi connectivity index (χ1) is 10.2. The minimum atomic E-state index is 0.165. The van der Waals surface area contributed by atoms with E-state index in [0.29, 0.717) is 12.6 Å². The highest BCUT2D eigenvalue weighted by Gasteiger charge is 2.27. The van der Waals surface area contributed by atoms with Gasteiger partial charge in [-0.05, 0) is 43.5 Å². The summed E-state index contributed by atoms with van der Waals surface area (Å²) < 4.78 is 6.91. The molecule has 0 amide bonds. The molecule has 2 atom stereocenters. The molecular formula is C16H24BrClN2O. The zero-order chi connectivity index (χ0) is 15.2. The van der Waals surface area contributed by atoms with Crippen molar-refractivity contribution in [3.05, 3.63) is 33.3 Å². The first-order valence-corrected chi connectivity index (χ1v) is 8.83. The number of piperidine rings is 1. The monoisotopic (exact) mass is 374 g/mol. The van der Waals surface area contributed by atoms with Gasteiger partial charge in [-0.15, -0.1) is 0 Å². The Bertz CT molecular complexity index is 458. The van der Waals surface area contributed by atoms with Gasteiger partial charge < -0.3 is 10.5 Å². The highest BCUT2D eigenvalue weighted by molar-refractivity contribution is 9.10. The molecule has 0 aromatic heterocycles. The molecule has 1 saturated heterocycles. The second kappa shape index (κ2) is 8.49. The number of halogens is 2. The van der Waals surface area contributed by atoms with E-state index < -0.39 is 0 Å². The Morgan fingerprint density at radius 3 is 3.00 bits per heavy atom. The molecule has 2 unspecified atom stereocenters. The van der Waals surface area contributed by atoms with Crippen LogP contribution >= 0.6 is 27.5 Å². The van der Waals surface area contributed by atoms with Gasteiger partial charge in [0.1, 0.15) is 0 Å². The van der Waals surface area contributed by atoms with Crippen LogP contribution in [0.1, 0.15) is 37.8 Å². The molecule has 0 spiro atoms. The summed E-state index contributed by atoms with van der Waals surface area (Å²) in [6.45, 7) is 5.55. The van der Waals surface area contributed by atoms with E-state index in [2.05, 4.69) is 33.8 Å². The van der Waals surface area contributed by atoms with Gasteiger partial charge in [-0.1, -0.05) is 40.5 Å². The first kappa shape index (κ1) is 17.2. The van der Waals surface area contributed by atoms with Gasteiger partial charge in [0.15, 0.2) is 0 Å². The van der Waals surface area contributed by atoms with Gasteiger partial charge in [-0.25, -0.2) is 0 Å². The van der Waals surface area contributed by atoms with Crippen LogP contribution in [0.5, 0.6) is 0 Å². The molecule has 1 aliphatic heterocycles. The minimum absolute atomic E-state index is 0.165. The van der Waals surface area contributed by atoms with Gasteiger partial charge in [-0.2, -0.15) is 0 Å². The predicted molar refractivity (Wildman–Crippen MR) is 91.8 cm³/mol. The fourth-order valence-electron chi connectivity index (χ4n) is 2.91. The molecule has 1 fully saturated rings. The number of rotatable bonds is 6. The van der Waals surface area contributed by atoms with Crippen molar-refractivity contribution in [1.82, 2.24) is 4.90 Å². The molecule has 3 nitrogen and oxygen atoms in total. The standard InChI is InChI=1S/C16H24BrClN2O/c1-2-8-21-13-4-3-7-20(11-13)16(10-19)14-6-5-12(17)9-15(14)18/h5-6,9,13,16H,2-4,7-8,10-11,19H2,1H3. The van der Waals surface area contributed by atoms with Crippen molar-refractivity contribution in [3.8, 4) is 0 Å². The number of nitrogens with two attached hydrogens (primary N) is 1. The Kier molecular flexibility index (Phi) is 6.96. The third-order valence-electron chi connectivity index (χ3n) is 3.95. The zero-order valence-electron chi connectivity index (χ0n) is 12.5. The van der Waals surface area contributed by atoms with Gasteiger partial charge in [0, 0.05) is 35.2 Å². The summed E-state index contributed by atoms with van der Waals surface area (Å²) in [5.41, 5.74) is 7.15. The molecule has 2 N–H and O–H groups in total. The fraction of sp³-hybridized carbons (Fsp3) is 0.625. The summed E-state index contributed by atoms with van der Waals surface area (Å²) in [5.74, 6) is 0. The molecular weight excluding hydrogens is 352 g/mol. The number of benzene rings is 1. The molecule has 1 aromatic carbocycles. The molecule has 5 heteroatoms.